The highest BCUT2D eigenvalue weighted by molar-refractivity contribution is 5.78. The van der Waals surface area contributed by atoms with Gasteiger partial charge in [-0.2, -0.15) is 0 Å². The number of hydrogen-bond donors (Lipinski definition) is 0. The molecular weight excluding hydrogens is 328 g/mol. The van der Waals surface area contributed by atoms with Crippen LogP contribution in [0.25, 0.3) is 10.9 Å². The van der Waals surface area contributed by atoms with E-state index >= 15 is 0 Å². The molecule has 0 aliphatic carbocycles. The van der Waals surface area contributed by atoms with Crippen molar-refractivity contribution in [2.75, 3.05) is 6.54 Å². The summed E-state index contributed by atoms with van der Waals surface area (Å²) >= 11 is 0. The van der Waals surface area contributed by atoms with Crippen molar-refractivity contribution in [2.24, 2.45) is 0 Å². The molecule has 26 heavy (non-hydrogen) atoms. The number of aromatic nitrogens is 3. The third-order valence-electron chi connectivity index (χ3n) is 4.93. The molecule has 2 aromatic carbocycles. The summed E-state index contributed by atoms with van der Waals surface area (Å²) in [5, 5.41) is 8.47. The monoisotopic (exact) mass is 348 g/mol. The number of benzene rings is 2. The van der Waals surface area contributed by atoms with E-state index in [1.54, 1.807) is 18.2 Å². The average Bonchev–Trinajstić information content (AvgIpc) is 3.13. The lowest BCUT2D eigenvalue weighted by Gasteiger charge is -2.25. The summed E-state index contributed by atoms with van der Waals surface area (Å²) in [5.74, 6) is -0.0740. The van der Waals surface area contributed by atoms with Crippen LogP contribution in [0.4, 0.5) is 0 Å². The van der Waals surface area contributed by atoms with Crippen molar-refractivity contribution in [3.63, 3.8) is 0 Å². The molecule has 1 atom stereocenters. The summed E-state index contributed by atoms with van der Waals surface area (Å²) in [5.41, 5.74) is 1.49. The predicted octanol–water partition coefficient (Wildman–Crippen LogP) is 2.03. The van der Waals surface area contributed by atoms with E-state index in [0.717, 1.165) is 25.8 Å². The molecule has 132 valence electrons. The molecule has 1 fully saturated rings. The molecule has 0 bridgehead atoms. The summed E-state index contributed by atoms with van der Waals surface area (Å²) < 4.78 is 1.17. The van der Waals surface area contributed by atoms with Gasteiger partial charge in [-0.15, -0.1) is 5.10 Å². The van der Waals surface area contributed by atoms with Crippen molar-refractivity contribution in [2.45, 2.75) is 31.8 Å². The molecule has 1 aromatic heterocycles. The molecular formula is C20H20N4O2. The minimum absolute atomic E-state index is 0.0675. The zero-order valence-electron chi connectivity index (χ0n) is 14.4. The van der Waals surface area contributed by atoms with E-state index in [1.807, 2.05) is 29.2 Å². The maximum atomic E-state index is 12.8. The van der Waals surface area contributed by atoms with Crippen molar-refractivity contribution in [1.29, 1.82) is 0 Å². The van der Waals surface area contributed by atoms with Crippen molar-refractivity contribution >= 4 is 16.8 Å². The van der Waals surface area contributed by atoms with E-state index in [2.05, 4.69) is 22.4 Å². The second-order valence-electron chi connectivity index (χ2n) is 6.64. The van der Waals surface area contributed by atoms with Gasteiger partial charge in [0.05, 0.1) is 5.39 Å². The molecule has 0 spiro atoms. The number of nitrogens with zero attached hydrogens (tertiary/aromatic N) is 4. The van der Waals surface area contributed by atoms with Crippen LogP contribution in [0.5, 0.6) is 0 Å². The van der Waals surface area contributed by atoms with Gasteiger partial charge < -0.3 is 4.90 Å². The largest absolute Gasteiger partial charge is 0.338 e. The van der Waals surface area contributed by atoms with Gasteiger partial charge in [0.25, 0.3) is 5.56 Å². The van der Waals surface area contributed by atoms with Gasteiger partial charge in [-0.3, -0.25) is 9.59 Å². The molecule has 2 heterocycles. The van der Waals surface area contributed by atoms with Crippen molar-refractivity contribution in [3.8, 4) is 0 Å². The Kier molecular flexibility index (Phi) is 4.48. The fourth-order valence-electron chi connectivity index (χ4n) is 3.61. The first kappa shape index (κ1) is 16.4. The molecule has 0 radical (unpaired) electrons. The minimum atomic E-state index is -0.275. The van der Waals surface area contributed by atoms with Crippen LogP contribution < -0.4 is 5.56 Å². The number of carbonyl (C=O) groups excluding carboxylic acids is 1. The van der Waals surface area contributed by atoms with E-state index in [1.165, 1.54) is 10.2 Å². The van der Waals surface area contributed by atoms with Crippen LogP contribution >= 0.6 is 0 Å². The van der Waals surface area contributed by atoms with Crippen molar-refractivity contribution in [1.82, 2.24) is 19.9 Å². The molecule has 6 heteroatoms. The number of likely N-dealkylation sites (tertiary alicyclic amines) is 1. The van der Waals surface area contributed by atoms with Gasteiger partial charge in [-0.05, 0) is 37.0 Å². The zero-order chi connectivity index (χ0) is 17.9. The average molecular weight is 348 g/mol. The smallest absolute Gasteiger partial charge is 0.278 e. The zero-order valence-corrected chi connectivity index (χ0v) is 14.4. The standard InChI is InChI=1S/C20H20N4O2/c25-19(14-24-20(26)17-10-4-5-11-18(17)21-22-24)23-12-6-9-16(23)13-15-7-2-1-3-8-15/h1-5,7-8,10-11,16H,6,9,12-14H2. The summed E-state index contributed by atoms with van der Waals surface area (Å²) in [6.07, 6.45) is 2.81. The van der Waals surface area contributed by atoms with E-state index in [-0.39, 0.29) is 24.1 Å². The van der Waals surface area contributed by atoms with E-state index in [9.17, 15) is 9.59 Å². The third-order valence-corrected chi connectivity index (χ3v) is 4.93. The minimum Gasteiger partial charge on any atom is -0.338 e. The lowest BCUT2D eigenvalue weighted by molar-refractivity contribution is -0.132. The Hall–Kier alpha value is -3.02. The van der Waals surface area contributed by atoms with Crippen LogP contribution in [0, 0.1) is 0 Å². The first-order chi connectivity index (χ1) is 12.7. The number of carbonyl (C=O) groups is 1. The number of hydrogen-bond acceptors (Lipinski definition) is 4. The Morgan fingerprint density at radius 1 is 1.08 bits per heavy atom. The molecule has 1 aliphatic heterocycles. The van der Waals surface area contributed by atoms with E-state index in [4.69, 9.17) is 0 Å². The lowest BCUT2D eigenvalue weighted by atomic mass is 10.0. The molecule has 3 aromatic rings. The fourth-order valence-corrected chi connectivity index (χ4v) is 3.61. The lowest BCUT2D eigenvalue weighted by Crippen LogP contribution is -2.41. The van der Waals surface area contributed by atoms with Gasteiger partial charge in [-0.1, -0.05) is 47.7 Å². The maximum absolute atomic E-state index is 12.8. The number of fused-ring (bicyclic) bond motifs is 1. The molecule has 4 rings (SSSR count). The topological polar surface area (TPSA) is 68.1 Å². The van der Waals surface area contributed by atoms with E-state index < -0.39 is 0 Å². The summed E-state index contributed by atoms with van der Waals surface area (Å²) in [6, 6.07) is 17.4. The van der Waals surface area contributed by atoms with Gasteiger partial charge in [-0.25, -0.2) is 4.68 Å². The van der Waals surface area contributed by atoms with E-state index in [0.29, 0.717) is 10.9 Å². The highest BCUT2D eigenvalue weighted by Crippen LogP contribution is 2.21. The molecule has 6 nitrogen and oxygen atoms in total. The number of amides is 1. The third kappa shape index (κ3) is 3.22. The van der Waals surface area contributed by atoms with Crippen LogP contribution in [-0.2, 0) is 17.8 Å². The van der Waals surface area contributed by atoms with Gasteiger partial charge in [0.15, 0.2) is 0 Å². The van der Waals surface area contributed by atoms with Gasteiger partial charge in [0.2, 0.25) is 5.91 Å². The van der Waals surface area contributed by atoms with Crippen LogP contribution in [0.2, 0.25) is 0 Å². The fraction of sp³-hybridized carbons (Fsp3) is 0.300. The SMILES string of the molecule is O=C(Cn1nnc2ccccc2c1=O)N1CCCC1Cc1ccccc1. The molecule has 1 aliphatic rings. The second-order valence-corrected chi connectivity index (χ2v) is 6.64. The van der Waals surface area contributed by atoms with Crippen LogP contribution in [-0.4, -0.2) is 38.4 Å². The van der Waals surface area contributed by atoms with Gasteiger partial charge in [0, 0.05) is 12.6 Å². The summed E-state index contributed by atoms with van der Waals surface area (Å²) in [7, 11) is 0. The van der Waals surface area contributed by atoms with Crippen molar-refractivity contribution in [3.05, 3.63) is 70.5 Å². The number of rotatable bonds is 4. The Morgan fingerprint density at radius 2 is 1.85 bits per heavy atom. The normalized spacial score (nSPS) is 16.9. The van der Waals surface area contributed by atoms with Crippen LogP contribution in [0.3, 0.4) is 0 Å². The molecule has 0 saturated carbocycles. The Labute approximate surface area is 151 Å². The molecule has 1 amide bonds. The highest BCUT2D eigenvalue weighted by Gasteiger charge is 2.29. The van der Waals surface area contributed by atoms with Gasteiger partial charge in [0.1, 0.15) is 12.1 Å². The quantitative estimate of drug-likeness (QED) is 0.723. The molecule has 1 saturated heterocycles. The predicted molar refractivity (Wildman–Crippen MR) is 98.7 cm³/mol. The van der Waals surface area contributed by atoms with Crippen LogP contribution in [0.15, 0.2) is 59.4 Å². The molecule has 1 unspecified atom stereocenters. The Balaban J connectivity index is 1.52. The molecule has 0 N–H and O–H groups in total. The highest BCUT2D eigenvalue weighted by atomic mass is 16.2. The summed E-state index contributed by atoms with van der Waals surface area (Å²) in [4.78, 5) is 27.2. The Morgan fingerprint density at radius 3 is 2.69 bits per heavy atom. The maximum Gasteiger partial charge on any atom is 0.278 e. The second kappa shape index (κ2) is 7.07. The van der Waals surface area contributed by atoms with Gasteiger partial charge >= 0.3 is 0 Å². The van der Waals surface area contributed by atoms with Crippen LogP contribution in [0.1, 0.15) is 18.4 Å². The first-order valence-electron chi connectivity index (χ1n) is 8.88. The summed E-state index contributed by atoms with van der Waals surface area (Å²) in [6.45, 7) is 0.661. The Bertz CT molecular complexity index is 984. The van der Waals surface area contributed by atoms with Crippen molar-refractivity contribution < 1.29 is 4.79 Å². The first-order valence-corrected chi connectivity index (χ1v) is 8.88.